The number of halogens is 1. The van der Waals surface area contributed by atoms with Crippen molar-refractivity contribution in [2.45, 2.75) is 20.8 Å². The number of carbonyl (C=O) groups is 1. The van der Waals surface area contributed by atoms with Crippen molar-refractivity contribution in [1.82, 2.24) is 9.88 Å². The molecule has 1 aromatic heterocycles. The number of hydrogen-bond acceptors (Lipinski definition) is 5. The molecule has 158 valence electrons. The number of thiazole rings is 1. The molecule has 2 heterocycles. The first-order valence-corrected chi connectivity index (χ1v) is 11.4. The van der Waals surface area contributed by atoms with Crippen molar-refractivity contribution in [3.63, 3.8) is 0 Å². The summed E-state index contributed by atoms with van der Waals surface area (Å²) in [5.74, 6) is -0.0251. The molecule has 0 saturated carbocycles. The number of morpholine rings is 1. The summed E-state index contributed by atoms with van der Waals surface area (Å²) in [4.78, 5) is 22.5. The first-order valence-electron chi connectivity index (χ1n) is 10.2. The van der Waals surface area contributed by atoms with Crippen molar-refractivity contribution in [1.29, 1.82) is 0 Å². The van der Waals surface area contributed by atoms with E-state index in [1.165, 1.54) is 11.3 Å². The number of aryl methyl sites for hydroxylation is 3. The van der Waals surface area contributed by atoms with Gasteiger partial charge in [0.05, 0.1) is 28.5 Å². The van der Waals surface area contributed by atoms with E-state index >= 15 is 0 Å². The highest BCUT2D eigenvalue weighted by molar-refractivity contribution is 7.23. The molecule has 1 aliphatic rings. The summed E-state index contributed by atoms with van der Waals surface area (Å²) in [7, 11) is 0. The Hall–Kier alpha value is -1.99. The molecule has 5 nitrogen and oxygen atoms in total. The Morgan fingerprint density at radius 2 is 1.87 bits per heavy atom. The highest BCUT2D eigenvalue weighted by Gasteiger charge is 2.24. The van der Waals surface area contributed by atoms with Crippen molar-refractivity contribution in [2.24, 2.45) is 0 Å². The van der Waals surface area contributed by atoms with Gasteiger partial charge in [0.15, 0.2) is 5.13 Å². The summed E-state index contributed by atoms with van der Waals surface area (Å²) in [5.41, 5.74) is 4.77. The molecule has 4 rings (SSSR count). The van der Waals surface area contributed by atoms with Crippen LogP contribution in [0.4, 0.5) is 5.13 Å². The third-order valence-corrected chi connectivity index (χ3v) is 6.91. The second-order valence-corrected chi connectivity index (χ2v) is 9.21. The summed E-state index contributed by atoms with van der Waals surface area (Å²) in [5, 5.41) is 1.37. The predicted molar refractivity (Wildman–Crippen MR) is 124 cm³/mol. The summed E-state index contributed by atoms with van der Waals surface area (Å²) in [6.07, 6.45) is 0. The quantitative estimate of drug-likeness (QED) is 0.565. The van der Waals surface area contributed by atoms with Gasteiger partial charge >= 0.3 is 0 Å². The third kappa shape index (κ3) is 4.52. The molecule has 1 fully saturated rings. The lowest BCUT2D eigenvalue weighted by atomic mass is 10.1. The summed E-state index contributed by atoms with van der Waals surface area (Å²) in [6, 6.07) is 9.84. The number of hydrogen-bond donors (Lipinski definition) is 0. The van der Waals surface area contributed by atoms with Gasteiger partial charge in [0, 0.05) is 31.7 Å². The molecule has 1 amide bonds. The highest BCUT2D eigenvalue weighted by atomic mass is 35.5. The minimum Gasteiger partial charge on any atom is -0.379 e. The number of anilines is 1. The minimum atomic E-state index is -0.0251. The molecule has 0 bridgehead atoms. The van der Waals surface area contributed by atoms with E-state index in [-0.39, 0.29) is 5.91 Å². The van der Waals surface area contributed by atoms with Crippen molar-refractivity contribution in [3.8, 4) is 0 Å². The molecule has 3 aromatic rings. The van der Waals surface area contributed by atoms with E-state index < -0.39 is 0 Å². The molecule has 0 N–H and O–H groups in total. The number of rotatable bonds is 5. The van der Waals surface area contributed by atoms with Gasteiger partial charge in [-0.25, -0.2) is 4.98 Å². The van der Waals surface area contributed by atoms with E-state index in [1.54, 1.807) is 0 Å². The van der Waals surface area contributed by atoms with Gasteiger partial charge in [-0.15, -0.1) is 0 Å². The van der Waals surface area contributed by atoms with E-state index in [0.29, 0.717) is 22.3 Å². The molecule has 1 saturated heterocycles. The highest BCUT2D eigenvalue weighted by Crippen LogP contribution is 2.36. The second kappa shape index (κ2) is 9.02. The van der Waals surface area contributed by atoms with Gasteiger partial charge < -0.3 is 4.74 Å². The molecule has 0 atom stereocenters. The number of amides is 1. The Morgan fingerprint density at radius 1 is 1.17 bits per heavy atom. The van der Waals surface area contributed by atoms with E-state index in [0.717, 1.165) is 59.8 Å². The zero-order valence-electron chi connectivity index (χ0n) is 17.6. The average Bonchev–Trinajstić information content (AvgIpc) is 3.17. The maximum absolute atomic E-state index is 13.6. The topological polar surface area (TPSA) is 45.7 Å². The van der Waals surface area contributed by atoms with Crippen LogP contribution in [0.1, 0.15) is 27.0 Å². The van der Waals surface area contributed by atoms with Crippen LogP contribution in [-0.2, 0) is 4.74 Å². The van der Waals surface area contributed by atoms with Crippen LogP contribution in [0.2, 0.25) is 5.02 Å². The Bertz CT molecular complexity index is 1020. The molecule has 0 aliphatic carbocycles. The molecule has 0 spiro atoms. The molecular formula is C23H26ClN3O2S. The van der Waals surface area contributed by atoms with E-state index in [1.807, 2.05) is 49.9 Å². The standard InChI is InChI=1S/C23H26ClN3O2S/c1-15-12-16(2)14-18(13-15)22(28)27(7-6-26-8-10-29-11-9-26)23-25-20-17(3)4-5-19(24)21(20)30-23/h4-5,12-14H,6-11H2,1-3H3. The number of ether oxygens (including phenoxy) is 1. The van der Waals surface area contributed by atoms with Gasteiger partial charge in [0.2, 0.25) is 0 Å². The van der Waals surface area contributed by atoms with Crippen molar-refractivity contribution in [2.75, 3.05) is 44.3 Å². The Balaban J connectivity index is 1.70. The van der Waals surface area contributed by atoms with Gasteiger partial charge in [-0.3, -0.25) is 14.6 Å². The maximum Gasteiger partial charge on any atom is 0.260 e. The smallest absolute Gasteiger partial charge is 0.260 e. The van der Waals surface area contributed by atoms with E-state index in [9.17, 15) is 4.79 Å². The average molecular weight is 444 g/mol. The Morgan fingerprint density at radius 3 is 2.53 bits per heavy atom. The normalized spacial score (nSPS) is 14.9. The lowest BCUT2D eigenvalue weighted by Crippen LogP contribution is -2.43. The fourth-order valence-corrected chi connectivity index (χ4v) is 5.15. The van der Waals surface area contributed by atoms with Gasteiger partial charge in [-0.1, -0.05) is 46.2 Å². The Kier molecular flexibility index (Phi) is 6.39. The lowest BCUT2D eigenvalue weighted by Gasteiger charge is -2.29. The van der Waals surface area contributed by atoms with Gasteiger partial charge in [-0.2, -0.15) is 0 Å². The van der Waals surface area contributed by atoms with E-state index in [4.69, 9.17) is 21.3 Å². The van der Waals surface area contributed by atoms with Crippen LogP contribution >= 0.6 is 22.9 Å². The van der Waals surface area contributed by atoms with Crippen LogP contribution in [0, 0.1) is 20.8 Å². The molecule has 0 radical (unpaired) electrons. The second-order valence-electron chi connectivity index (χ2n) is 7.83. The molecule has 30 heavy (non-hydrogen) atoms. The summed E-state index contributed by atoms with van der Waals surface area (Å²) >= 11 is 7.91. The van der Waals surface area contributed by atoms with Crippen molar-refractivity contribution >= 4 is 44.2 Å². The zero-order valence-corrected chi connectivity index (χ0v) is 19.1. The number of nitrogens with zero attached hydrogens (tertiary/aromatic N) is 3. The molecule has 7 heteroatoms. The van der Waals surface area contributed by atoms with Crippen LogP contribution in [0.15, 0.2) is 30.3 Å². The first kappa shape index (κ1) is 21.2. The van der Waals surface area contributed by atoms with Crippen molar-refractivity contribution < 1.29 is 9.53 Å². The molecule has 1 aliphatic heterocycles. The van der Waals surface area contributed by atoms with Crippen LogP contribution in [0.3, 0.4) is 0 Å². The minimum absolute atomic E-state index is 0.0251. The van der Waals surface area contributed by atoms with Gasteiger partial charge in [0.1, 0.15) is 0 Å². The van der Waals surface area contributed by atoms with Gasteiger partial charge in [0.25, 0.3) is 5.91 Å². The van der Waals surface area contributed by atoms with Gasteiger partial charge in [-0.05, 0) is 44.5 Å². The molecular weight excluding hydrogens is 418 g/mol. The monoisotopic (exact) mass is 443 g/mol. The van der Waals surface area contributed by atoms with Crippen LogP contribution in [-0.4, -0.2) is 55.2 Å². The SMILES string of the molecule is Cc1cc(C)cc(C(=O)N(CCN2CCOCC2)c2nc3c(C)ccc(Cl)c3s2)c1. The molecule has 2 aromatic carbocycles. The number of fused-ring (bicyclic) bond motifs is 1. The van der Waals surface area contributed by atoms with Crippen LogP contribution in [0.5, 0.6) is 0 Å². The largest absolute Gasteiger partial charge is 0.379 e. The van der Waals surface area contributed by atoms with Crippen molar-refractivity contribution in [3.05, 3.63) is 57.6 Å². The molecule has 0 unspecified atom stereocenters. The fraction of sp³-hybridized carbons (Fsp3) is 0.391. The number of aromatic nitrogens is 1. The van der Waals surface area contributed by atoms with Crippen LogP contribution < -0.4 is 4.90 Å². The number of benzene rings is 2. The summed E-state index contributed by atoms with van der Waals surface area (Å²) < 4.78 is 6.38. The fourth-order valence-electron chi connectivity index (χ4n) is 3.81. The summed E-state index contributed by atoms with van der Waals surface area (Å²) in [6.45, 7) is 10.6. The predicted octanol–water partition coefficient (Wildman–Crippen LogP) is 4.85. The third-order valence-electron chi connectivity index (χ3n) is 5.37. The first-order chi connectivity index (χ1) is 14.4. The Labute approximate surface area is 186 Å². The maximum atomic E-state index is 13.6. The van der Waals surface area contributed by atoms with Crippen LogP contribution in [0.25, 0.3) is 10.2 Å². The lowest BCUT2D eigenvalue weighted by molar-refractivity contribution is 0.0391. The zero-order chi connectivity index (χ0) is 21.3. The number of carbonyl (C=O) groups excluding carboxylic acids is 1. The van der Waals surface area contributed by atoms with E-state index in [2.05, 4.69) is 11.0 Å².